The summed E-state index contributed by atoms with van der Waals surface area (Å²) in [5.74, 6) is -1.64. The summed E-state index contributed by atoms with van der Waals surface area (Å²) in [6.45, 7) is 1.44. The minimum atomic E-state index is -1.63. The molecular weight excluding hydrogens is 514 g/mol. The number of esters is 1. The maximum Gasteiger partial charge on any atom is 0.338 e. The van der Waals surface area contributed by atoms with Gasteiger partial charge in [0, 0.05) is 75.5 Å². The van der Waals surface area contributed by atoms with Gasteiger partial charge in [0.2, 0.25) is 0 Å². The third-order valence-electron chi connectivity index (χ3n) is 12.1. The highest BCUT2D eigenvalue weighted by Crippen LogP contribution is 2.78. The van der Waals surface area contributed by atoms with Crippen molar-refractivity contribution in [1.82, 2.24) is 4.90 Å². The number of Topliss-reactive ketones (excluding diaryl/α,β-unsaturated/α-hetero) is 1. The number of likely N-dealkylation sites (tertiary alicyclic amines) is 1. The Morgan fingerprint density at radius 1 is 1.07 bits per heavy atom. The molecule has 0 radical (unpaired) electrons. The van der Waals surface area contributed by atoms with Gasteiger partial charge in [0.15, 0.2) is 5.78 Å². The van der Waals surface area contributed by atoms with Gasteiger partial charge >= 0.3 is 5.97 Å². The fourth-order valence-corrected chi connectivity index (χ4v) is 11.6. The van der Waals surface area contributed by atoms with Crippen LogP contribution in [0.2, 0.25) is 0 Å². The molecule has 1 spiro atoms. The topological polar surface area (TPSA) is 104 Å². The molecule has 5 saturated carbocycles. The Morgan fingerprint density at radius 3 is 2.48 bits per heavy atom. The first-order chi connectivity index (χ1) is 19.2. The van der Waals surface area contributed by atoms with E-state index < -0.39 is 35.1 Å². The van der Waals surface area contributed by atoms with Gasteiger partial charge in [-0.15, -0.1) is 0 Å². The van der Waals surface area contributed by atoms with E-state index in [1.165, 1.54) is 7.11 Å². The van der Waals surface area contributed by atoms with Crippen LogP contribution in [-0.4, -0.2) is 106 Å². The molecule has 1 N–H and O–H groups in total. The summed E-state index contributed by atoms with van der Waals surface area (Å²) >= 11 is 0. The van der Waals surface area contributed by atoms with Crippen molar-refractivity contribution in [3.05, 3.63) is 35.9 Å². The number of hydrogen-bond donors (Lipinski definition) is 1. The van der Waals surface area contributed by atoms with Gasteiger partial charge in [0.25, 0.3) is 0 Å². The highest BCUT2D eigenvalue weighted by atomic mass is 16.6. The Morgan fingerprint density at radius 2 is 1.82 bits per heavy atom. The lowest BCUT2D eigenvalue weighted by molar-refractivity contribution is -0.247. The van der Waals surface area contributed by atoms with Gasteiger partial charge < -0.3 is 33.7 Å². The van der Waals surface area contributed by atoms with Crippen molar-refractivity contribution in [2.75, 3.05) is 48.6 Å². The molecule has 9 heteroatoms. The Labute approximate surface area is 235 Å². The second-order valence-electron chi connectivity index (χ2n) is 13.3. The van der Waals surface area contributed by atoms with Crippen molar-refractivity contribution < 1.29 is 38.4 Å². The lowest BCUT2D eigenvalue weighted by Crippen LogP contribution is -2.74. The van der Waals surface area contributed by atoms with E-state index in [1.807, 2.05) is 6.07 Å². The van der Waals surface area contributed by atoms with Gasteiger partial charge in [-0.3, -0.25) is 4.79 Å². The average molecular weight is 556 g/mol. The lowest BCUT2D eigenvalue weighted by atomic mass is 9.44. The zero-order chi connectivity index (χ0) is 28.2. The molecule has 5 unspecified atom stereocenters. The monoisotopic (exact) mass is 555 g/mol. The number of hydrogen-bond acceptors (Lipinski definition) is 9. The molecule has 0 amide bonds. The molecule has 1 aromatic rings. The van der Waals surface area contributed by atoms with Crippen molar-refractivity contribution in [1.29, 1.82) is 0 Å². The van der Waals surface area contributed by atoms with Gasteiger partial charge in [-0.2, -0.15) is 0 Å². The first-order valence-corrected chi connectivity index (χ1v) is 14.5. The molecule has 13 atom stereocenters. The largest absolute Gasteiger partial charge is 0.455 e. The molecule has 5 aliphatic carbocycles. The highest BCUT2D eigenvalue weighted by molar-refractivity contribution is 5.92. The zero-order valence-corrected chi connectivity index (χ0v) is 23.9. The Kier molecular flexibility index (Phi) is 6.11. The Balaban J connectivity index is 1.43. The van der Waals surface area contributed by atoms with Gasteiger partial charge in [0.1, 0.15) is 17.8 Å². The number of ketones is 1. The summed E-state index contributed by atoms with van der Waals surface area (Å²) in [4.78, 5) is 30.3. The minimum absolute atomic E-state index is 0.0244. The summed E-state index contributed by atoms with van der Waals surface area (Å²) in [5.41, 5.74) is -1.80. The van der Waals surface area contributed by atoms with Crippen LogP contribution in [0.4, 0.5) is 0 Å². The van der Waals surface area contributed by atoms with Crippen LogP contribution >= 0.6 is 0 Å². The second-order valence-corrected chi connectivity index (χ2v) is 13.3. The molecule has 9 nitrogen and oxygen atoms in total. The van der Waals surface area contributed by atoms with E-state index in [9.17, 15) is 14.7 Å². The molecule has 1 aliphatic heterocycles. The first-order valence-electron chi connectivity index (χ1n) is 14.5. The van der Waals surface area contributed by atoms with Crippen LogP contribution in [0.1, 0.15) is 29.6 Å². The lowest BCUT2D eigenvalue weighted by Gasteiger charge is -2.67. The van der Waals surface area contributed by atoms with E-state index in [4.69, 9.17) is 23.7 Å². The van der Waals surface area contributed by atoms with Gasteiger partial charge in [-0.25, -0.2) is 4.79 Å². The number of rotatable bonds is 7. The fraction of sp³-hybridized carbons (Fsp3) is 0.742. The van der Waals surface area contributed by atoms with E-state index in [1.54, 1.807) is 45.6 Å². The fourth-order valence-electron chi connectivity index (χ4n) is 11.6. The number of carbonyl (C=O) groups is 2. The van der Waals surface area contributed by atoms with Crippen LogP contribution in [-0.2, 0) is 28.5 Å². The number of nitrogens with zero attached hydrogens (tertiary/aromatic N) is 1. The summed E-state index contributed by atoms with van der Waals surface area (Å²) in [5, 5.41) is 12.4. The zero-order valence-electron chi connectivity index (χ0n) is 23.9. The molecule has 1 saturated heterocycles. The highest BCUT2D eigenvalue weighted by Gasteiger charge is 2.86. The van der Waals surface area contributed by atoms with Crippen LogP contribution in [0, 0.1) is 40.4 Å². The number of ether oxygens (including phenoxy) is 5. The van der Waals surface area contributed by atoms with Crippen LogP contribution in [0.15, 0.2) is 30.3 Å². The van der Waals surface area contributed by atoms with Gasteiger partial charge in [-0.05, 0) is 44.4 Å². The molecular formula is C31H41NO8. The maximum atomic E-state index is 14.4. The maximum absolute atomic E-state index is 14.4. The van der Waals surface area contributed by atoms with Crippen LogP contribution < -0.4 is 0 Å². The quantitative estimate of drug-likeness (QED) is 0.505. The number of piperidine rings is 1. The van der Waals surface area contributed by atoms with E-state index in [0.29, 0.717) is 18.6 Å². The van der Waals surface area contributed by atoms with Crippen LogP contribution in [0.5, 0.6) is 0 Å². The molecule has 6 aliphatic rings. The molecule has 7 rings (SSSR count). The van der Waals surface area contributed by atoms with Crippen molar-refractivity contribution in [2.45, 2.75) is 55.3 Å². The summed E-state index contributed by atoms with van der Waals surface area (Å²) in [6.07, 6.45) is -0.146. The van der Waals surface area contributed by atoms with Crippen molar-refractivity contribution in [3.8, 4) is 0 Å². The van der Waals surface area contributed by atoms with Crippen LogP contribution in [0.25, 0.3) is 0 Å². The molecule has 0 aromatic heterocycles. The summed E-state index contributed by atoms with van der Waals surface area (Å²) in [7, 11) is 8.93. The standard InChI is InChI=1S/C31H41NO8/c1-32-14-29(15-36-2)12-11-18(37-3)31-17-13-30(35)26(40-28(34)16-9-7-6-8-10-16)19(17)20(22(33)27(30)39-5)21(25(31)32)23(38-4)24(29)31/h6-10,17-21,23-27,35H,11-15H2,1-5H3/t17?,18-,19-,20-,21?,23-,24+,25?,26+,27+,29-,30?,31?/m0/s1. The predicted octanol–water partition coefficient (Wildman–Crippen LogP) is 1.81. The molecule has 1 heterocycles. The van der Waals surface area contributed by atoms with Crippen LogP contribution in [0.3, 0.4) is 0 Å². The third-order valence-corrected chi connectivity index (χ3v) is 12.1. The number of methoxy groups -OCH3 is 4. The normalized spacial score (nSPS) is 50.2. The minimum Gasteiger partial charge on any atom is -0.455 e. The van der Waals surface area contributed by atoms with E-state index in [2.05, 4.69) is 11.9 Å². The van der Waals surface area contributed by atoms with E-state index in [0.717, 1.165) is 19.4 Å². The van der Waals surface area contributed by atoms with Gasteiger partial charge in [0.05, 0.1) is 24.4 Å². The second kappa shape index (κ2) is 9.06. The molecule has 40 heavy (non-hydrogen) atoms. The van der Waals surface area contributed by atoms with Crippen molar-refractivity contribution in [3.63, 3.8) is 0 Å². The van der Waals surface area contributed by atoms with Gasteiger partial charge in [-0.1, -0.05) is 18.2 Å². The summed E-state index contributed by atoms with van der Waals surface area (Å²) in [6, 6.07) is 8.86. The SMILES string of the molecule is COC[C@]12CC[C@H](OC)C34C5CC6(O)[C@H](OC)C(=O)[C@H](C(C3N(C)C1)[C@H](OC)[C@@H]42)[C@H]5[C@H]6OC(=O)c1ccccc1. The Hall–Kier alpha value is -1.88. The van der Waals surface area contributed by atoms with Crippen molar-refractivity contribution >= 4 is 11.8 Å². The number of aliphatic hydroxyl groups is 1. The van der Waals surface area contributed by atoms with E-state index >= 15 is 0 Å². The van der Waals surface area contributed by atoms with Crippen molar-refractivity contribution in [2.24, 2.45) is 40.4 Å². The molecule has 1 aromatic carbocycles. The molecule has 7 bridgehead atoms. The third kappa shape index (κ3) is 2.99. The Bertz CT molecular complexity index is 1200. The first kappa shape index (κ1) is 27.0. The van der Waals surface area contributed by atoms with E-state index in [-0.39, 0.29) is 53.1 Å². The average Bonchev–Trinajstić information content (AvgIpc) is 3.30. The number of carbonyl (C=O) groups excluding carboxylic acids is 2. The summed E-state index contributed by atoms with van der Waals surface area (Å²) < 4.78 is 30.8. The molecule has 6 fully saturated rings. The predicted molar refractivity (Wildman–Crippen MR) is 142 cm³/mol. The smallest absolute Gasteiger partial charge is 0.338 e. The number of fused-ring (bicyclic) bond motifs is 2. The number of benzene rings is 1. The molecule has 218 valence electrons.